The van der Waals surface area contributed by atoms with Crippen LogP contribution in [-0.4, -0.2) is 50.3 Å². The van der Waals surface area contributed by atoms with Crippen LogP contribution in [0.2, 0.25) is 0 Å². The van der Waals surface area contributed by atoms with Crippen molar-refractivity contribution in [2.24, 2.45) is 11.3 Å². The summed E-state index contributed by atoms with van der Waals surface area (Å²) in [6.45, 7) is 6.94. The number of hydrogen-bond donors (Lipinski definition) is 1. The molecular formula is C19H28N2O. The van der Waals surface area contributed by atoms with Crippen molar-refractivity contribution >= 4 is 0 Å². The Bertz CT molecular complexity index is 485. The van der Waals surface area contributed by atoms with E-state index in [0.717, 1.165) is 25.2 Å². The Morgan fingerprint density at radius 2 is 2.00 bits per heavy atom. The summed E-state index contributed by atoms with van der Waals surface area (Å²) in [5.41, 5.74) is 2.00. The van der Waals surface area contributed by atoms with Gasteiger partial charge in [-0.05, 0) is 43.7 Å². The van der Waals surface area contributed by atoms with Gasteiger partial charge in [0.25, 0.3) is 0 Å². The molecule has 22 heavy (non-hydrogen) atoms. The molecule has 1 N–H and O–H groups in total. The first-order valence-electron chi connectivity index (χ1n) is 8.92. The van der Waals surface area contributed by atoms with Gasteiger partial charge in [-0.3, -0.25) is 4.90 Å². The number of nitrogens with zero attached hydrogens (tertiary/aromatic N) is 1. The average Bonchev–Trinajstić information content (AvgIpc) is 3.12. The summed E-state index contributed by atoms with van der Waals surface area (Å²) in [6.07, 6.45) is 5.01. The first-order valence-corrected chi connectivity index (χ1v) is 8.92. The molecule has 3 heteroatoms. The number of nitrogens with one attached hydrogen (secondary N) is 1. The Balaban J connectivity index is 1.42. The molecule has 3 fully saturated rings. The lowest BCUT2D eigenvalue weighted by Crippen LogP contribution is -2.41. The fourth-order valence-corrected chi connectivity index (χ4v) is 4.79. The van der Waals surface area contributed by atoms with Gasteiger partial charge in [0.05, 0.1) is 0 Å². The van der Waals surface area contributed by atoms with Crippen LogP contribution in [0.15, 0.2) is 30.3 Å². The molecule has 3 aliphatic heterocycles. The lowest BCUT2D eigenvalue weighted by molar-refractivity contribution is 0.0375. The summed E-state index contributed by atoms with van der Waals surface area (Å²) in [7, 11) is 0. The second-order valence-corrected chi connectivity index (χ2v) is 7.45. The maximum atomic E-state index is 5.54. The van der Waals surface area contributed by atoms with Crippen molar-refractivity contribution in [2.45, 2.75) is 31.7 Å². The van der Waals surface area contributed by atoms with Crippen molar-refractivity contribution in [3.05, 3.63) is 35.9 Å². The van der Waals surface area contributed by atoms with Crippen LogP contribution in [0.1, 0.15) is 24.8 Å². The minimum atomic E-state index is 0.508. The second kappa shape index (κ2) is 6.31. The summed E-state index contributed by atoms with van der Waals surface area (Å²) in [4.78, 5) is 2.79. The molecule has 4 rings (SSSR count). The number of hydrogen-bond acceptors (Lipinski definition) is 3. The Labute approximate surface area is 134 Å². The summed E-state index contributed by atoms with van der Waals surface area (Å²) in [5, 5.41) is 3.67. The van der Waals surface area contributed by atoms with Gasteiger partial charge >= 0.3 is 0 Å². The van der Waals surface area contributed by atoms with E-state index in [2.05, 4.69) is 40.5 Å². The highest BCUT2D eigenvalue weighted by Gasteiger charge is 2.50. The van der Waals surface area contributed by atoms with Crippen LogP contribution < -0.4 is 5.32 Å². The predicted octanol–water partition coefficient (Wildman–Crippen LogP) is 2.32. The smallest absolute Gasteiger partial charge is 0.0480 e. The summed E-state index contributed by atoms with van der Waals surface area (Å²) >= 11 is 0. The highest BCUT2D eigenvalue weighted by Crippen LogP contribution is 2.44. The number of likely N-dealkylation sites (tertiary alicyclic amines) is 1. The molecular weight excluding hydrogens is 272 g/mol. The van der Waals surface area contributed by atoms with E-state index in [4.69, 9.17) is 4.74 Å². The van der Waals surface area contributed by atoms with Gasteiger partial charge in [-0.1, -0.05) is 30.3 Å². The first kappa shape index (κ1) is 14.7. The Kier molecular flexibility index (Phi) is 4.21. The molecule has 0 saturated carbocycles. The zero-order valence-electron chi connectivity index (χ0n) is 13.5. The Morgan fingerprint density at radius 3 is 2.82 bits per heavy atom. The fourth-order valence-electron chi connectivity index (χ4n) is 4.79. The van der Waals surface area contributed by atoms with Gasteiger partial charge in [0.2, 0.25) is 0 Å². The van der Waals surface area contributed by atoms with E-state index in [0.29, 0.717) is 5.41 Å². The summed E-state index contributed by atoms with van der Waals surface area (Å²) in [6, 6.07) is 11.8. The highest BCUT2D eigenvalue weighted by atomic mass is 16.5. The van der Waals surface area contributed by atoms with Gasteiger partial charge < -0.3 is 10.1 Å². The van der Waals surface area contributed by atoms with Gasteiger partial charge in [0.15, 0.2) is 0 Å². The van der Waals surface area contributed by atoms with Crippen molar-refractivity contribution < 1.29 is 4.74 Å². The lowest BCUT2D eigenvalue weighted by atomic mass is 9.76. The van der Waals surface area contributed by atoms with E-state index in [1.165, 1.54) is 57.4 Å². The number of fused-ring (bicyclic) bond motifs is 1. The molecule has 0 spiro atoms. The van der Waals surface area contributed by atoms with Crippen molar-refractivity contribution in [2.75, 3.05) is 39.4 Å². The van der Waals surface area contributed by atoms with E-state index in [1.54, 1.807) is 0 Å². The fraction of sp³-hybridized carbons (Fsp3) is 0.684. The molecule has 1 aromatic carbocycles. The number of rotatable bonds is 4. The molecule has 3 nitrogen and oxygen atoms in total. The van der Waals surface area contributed by atoms with Crippen molar-refractivity contribution in [1.29, 1.82) is 0 Å². The largest absolute Gasteiger partial charge is 0.381 e. The molecule has 0 aromatic heterocycles. The quantitative estimate of drug-likeness (QED) is 0.923. The lowest BCUT2D eigenvalue weighted by Gasteiger charge is -2.33. The standard InChI is InChI=1S/C19H28N2O/c1-2-4-16(5-3-1)6-9-19-14-20-12-17(19)13-21(15-19)18-7-10-22-11-8-18/h1-5,17-18,20H,6-15H2. The third-order valence-corrected chi connectivity index (χ3v) is 6.17. The van der Waals surface area contributed by atoms with Gasteiger partial charge in [-0.15, -0.1) is 0 Å². The first-order chi connectivity index (χ1) is 10.9. The highest BCUT2D eigenvalue weighted by molar-refractivity contribution is 5.16. The summed E-state index contributed by atoms with van der Waals surface area (Å²) in [5.74, 6) is 0.846. The molecule has 0 aliphatic carbocycles. The molecule has 2 unspecified atom stereocenters. The molecule has 120 valence electrons. The van der Waals surface area contributed by atoms with E-state index in [1.807, 2.05) is 0 Å². The maximum absolute atomic E-state index is 5.54. The predicted molar refractivity (Wildman–Crippen MR) is 89.0 cm³/mol. The van der Waals surface area contributed by atoms with Gasteiger partial charge in [-0.2, -0.15) is 0 Å². The van der Waals surface area contributed by atoms with Crippen molar-refractivity contribution in [1.82, 2.24) is 10.2 Å². The van der Waals surface area contributed by atoms with Crippen LogP contribution >= 0.6 is 0 Å². The molecule has 2 atom stereocenters. The third-order valence-electron chi connectivity index (χ3n) is 6.17. The SMILES string of the molecule is c1ccc(CCC23CNCC2CN(C2CCOCC2)C3)cc1. The van der Waals surface area contributed by atoms with E-state index < -0.39 is 0 Å². The molecule has 3 saturated heterocycles. The second-order valence-electron chi connectivity index (χ2n) is 7.45. The number of ether oxygens (including phenoxy) is 1. The van der Waals surface area contributed by atoms with Crippen LogP contribution in [0.25, 0.3) is 0 Å². The Hall–Kier alpha value is -0.900. The van der Waals surface area contributed by atoms with Crippen LogP contribution in [-0.2, 0) is 11.2 Å². The van der Waals surface area contributed by atoms with Gasteiger partial charge in [0, 0.05) is 44.3 Å². The van der Waals surface area contributed by atoms with E-state index >= 15 is 0 Å². The maximum Gasteiger partial charge on any atom is 0.0480 e. The average molecular weight is 300 g/mol. The van der Waals surface area contributed by atoms with Crippen LogP contribution in [0.5, 0.6) is 0 Å². The monoisotopic (exact) mass is 300 g/mol. The van der Waals surface area contributed by atoms with Gasteiger partial charge in [0.1, 0.15) is 0 Å². The van der Waals surface area contributed by atoms with Gasteiger partial charge in [-0.25, -0.2) is 0 Å². The minimum Gasteiger partial charge on any atom is -0.381 e. The molecule has 1 aromatic rings. The topological polar surface area (TPSA) is 24.5 Å². The normalized spacial score (nSPS) is 33.2. The molecule has 3 aliphatic rings. The molecule has 0 bridgehead atoms. The third kappa shape index (κ3) is 2.82. The number of benzene rings is 1. The Morgan fingerprint density at radius 1 is 1.18 bits per heavy atom. The van der Waals surface area contributed by atoms with Crippen molar-refractivity contribution in [3.63, 3.8) is 0 Å². The molecule has 0 radical (unpaired) electrons. The van der Waals surface area contributed by atoms with E-state index in [-0.39, 0.29) is 0 Å². The van der Waals surface area contributed by atoms with Crippen LogP contribution in [0, 0.1) is 11.3 Å². The molecule has 0 amide bonds. The van der Waals surface area contributed by atoms with Crippen LogP contribution in [0.4, 0.5) is 0 Å². The van der Waals surface area contributed by atoms with E-state index in [9.17, 15) is 0 Å². The zero-order chi connectivity index (χ0) is 14.8. The molecule has 3 heterocycles. The zero-order valence-corrected chi connectivity index (χ0v) is 13.5. The summed E-state index contributed by atoms with van der Waals surface area (Å²) < 4.78 is 5.54. The number of aryl methyl sites for hydroxylation is 1. The minimum absolute atomic E-state index is 0.508. The van der Waals surface area contributed by atoms with Crippen LogP contribution in [0.3, 0.4) is 0 Å². The van der Waals surface area contributed by atoms with Crippen molar-refractivity contribution in [3.8, 4) is 0 Å².